The minimum Gasteiger partial charge on any atom is -0.370 e. The lowest BCUT2D eigenvalue weighted by Crippen LogP contribution is -2.26. The number of unbranched alkanes of at least 4 members (excludes halogenated alkanes) is 1. The molecule has 0 aliphatic heterocycles. The molecule has 0 unspecified atom stereocenters. The molecule has 0 aromatic carbocycles. The van der Waals surface area contributed by atoms with E-state index in [0.717, 1.165) is 24.8 Å². The zero-order chi connectivity index (χ0) is 12.8. The van der Waals surface area contributed by atoms with Crippen molar-refractivity contribution in [1.29, 1.82) is 0 Å². The van der Waals surface area contributed by atoms with Gasteiger partial charge >= 0.3 is 0 Å². The minimum absolute atomic E-state index is 0.776. The molecule has 100 valence electrons. The second-order valence-electron chi connectivity index (χ2n) is 5.10. The predicted octanol–water partition coefficient (Wildman–Crippen LogP) is 3.67. The van der Waals surface area contributed by atoms with Gasteiger partial charge in [-0.15, -0.1) is 0 Å². The summed E-state index contributed by atoms with van der Waals surface area (Å²) in [5, 5.41) is 3.37. The van der Waals surface area contributed by atoms with E-state index in [0.29, 0.717) is 0 Å². The van der Waals surface area contributed by atoms with E-state index in [1.165, 1.54) is 37.9 Å². The van der Waals surface area contributed by atoms with Gasteiger partial charge in [0.2, 0.25) is 0 Å². The Hall–Kier alpha value is -1.25. The summed E-state index contributed by atoms with van der Waals surface area (Å²) in [6, 6.07) is 5.12. The Morgan fingerprint density at radius 1 is 1.33 bits per heavy atom. The summed E-state index contributed by atoms with van der Waals surface area (Å²) in [6.45, 7) is 6.60. The Morgan fingerprint density at radius 3 is 2.83 bits per heavy atom. The van der Waals surface area contributed by atoms with Gasteiger partial charge in [-0.1, -0.05) is 20.3 Å². The molecule has 1 fully saturated rings. The van der Waals surface area contributed by atoms with Crippen LogP contribution in [-0.4, -0.2) is 24.1 Å². The van der Waals surface area contributed by atoms with Crippen LogP contribution in [-0.2, 0) is 0 Å². The molecule has 0 atom stereocenters. The average molecular weight is 247 g/mol. The summed E-state index contributed by atoms with van der Waals surface area (Å²) in [5.41, 5.74) is 1.33. The zero-order valence-corrected chi connectivity index (χ0v) is 11.7. The van der Waals surface area contributed by atoms with Crippen LogP contribution in [0.15, 0.2) is 18.3 Å². The molecule has 0 bridgehead atoms. The van der Waals surface area contributed by atoms with Crippen molar-refractivity contribution in [2.24, 2.45) is 0 Å². The smallest absolute Gasteiger partial charge is 0.127 e. The second kappa shape index (κ2) is 6.62. The van der Waals surface area contributed by atoms with E-state index in [-0.39, 0.29) is 0 Å². The number of rotatable bonds is 8. The molecule has 0 spiro atoms. The molecule has 1 saturated carbocycles. The third-order valence-electron chi connectivity index (χ3n) is 3.37. The van der Waals surface area contributed by atoms with Gasteiger partial charge in [-0.25, -0.2) is 4.98 Å². The fourth-order valence-electron chi connectivity index (χ4n) is 2.18. The van der Waals surface area contributed by atoms with Gasteiger partial charge in [0.05, 0.1) is 0 Å². The molecule has 1 aliphatic rings. The SMILES string of the molecule is CCCCN(c1ccnc(NCCC)c1)C1CC1. The van der Waals surface area contributed by atoms with E-state index >= 15 is 0 Å². The van der Waals surface area contributed by atoms with E-state index in [4.69, 9.17) is 0 Å². The quantitative estimate of drug-likeness (QED) is 0.759. The second-order valence-corrected chi connectivity index (χ2v) is 5.10. The van der Waals surface area contributed by atoms with E-state index in [1.807, 2.05) is 6.20 Å². The zero-order valence-electron chi connectivity index (χ0n) is 11.7. The van der Waals surface area contributed by atoms with Gasteiger partial charge < -0.3 is 10.2 Å². The van der Waals surface area contributed by atoms with Gasteiger partial charge in [-0.2, -0.15) is 0 Å². The third kappa shape index (κ3) is 3.62. The van der Waals surface area contributed by atoms with Crippen molar-refractivity contribution >= 4 is 11.5 Å². The van der Waals surface area contributed by atoms with Crippen LogP contribution in [0.5, 0.6) is 0 Å². The lowest BCUT2D eigenvalue weighted by atomic mass is 10.2. The van der Waals surface area contributed by atoms with Crippen molar-refractivity contribution in [2.45, 2.75) is 52.0 Å². The maximum atomic E-state index is 4.38. The van der Waals surface area contributed by atoms with E-state index < -0.39 is 0 Å². The first-order chi connectivity index (χ1) is 8.85. The number of hydrogen-bond donors (Lipinski definition) is 1. The Balaban J connectivity index is 2.03. The minimum atomic E-state index is 0.776. The van der Waals surface area contributed by atoms with Crippen molar-refractivity contribution in [2.75, 3.05) is 23.3 Å². The van der Waals surface area contributed by atoms with Crippen LogP contribution < -0.4 is 10.2 Å². The lowest BCUT2D eigenvalue weighted by molar-refractivity contribution is 0.712. The molecule has 2 rings (SSSR count). The first-order valence-corrected chi connectivity index (χ1v) is 7.31. The summed E-state index contributed by atoms with van der Waals surface area (Å²) in [5.74, 6) is 1.01. The maximum Gasteiger partial charge on any atom is 0.127 e. The molecule has 1 aliphatic carbocycles. The third-order valence-corrected chi connectivity index (χ3v) is 3.37. The standard InChI is InChI=1S/C15H25N3/c1-3-5-11-18(13-6-7-13)14-8-10-17-15(12-14)16-9-4-2/h8,10,12-13H,3-7,9,11H2,1-2H3,(H,16,17). The summed E-state index contributed by atoms with van der Waals surface area (Å²) >= 11 is 0. The molecule has 1 heterocycles. The van der Waals surface area contributed by atoms with Gasteiger partial charge in [0.25, 0.3) is 0 Å². The number of nitrogens with one attached hydrogen (secondary N) is 1. The first-order valence-electron chi connectivity index (χ1n) is 7.31. The molecule has 1 aromatic rings. The van der Waals surface area contributed by atoms with E-state index in [2.05, 4.69) is 41.2 Å². The number of nitrogens with zero attached hydrogens (tertiary/aromatic N) is 2. The van der Waals surface area contributed by atoms with Crippen molar-refractivity contribution in [3.05, 3.63) is 18.3 Å². The highest BCUT2D eigenvalue weighted by atomic mass is 15.2. The summed E-state index contributed by atoms with van der Waals surface area (Å²) in [6.07, 6.45) is 8.29. The van der Waals surface area contributed by atoms with Gasteiger partial charge in [0.1, 0.15) is 5.82 Å². The Morgan fingerprint density at radius 2 is 2.17 bits per heavy atom. The fourth-order valence-corrected chi connectivity index (χ4v) is 2.18. The van der Waals surface area contributed by atoms with Crippen LogP contribution in [0.25, 0.3) is 0 Å². The van der Waals surface area contributed by atoms with Gasteiger partial charge in [-0.3, -0.25) is 0 Å². The van der Waals surface area contributed by atoms with Crippen LogP contribution in [0.4, 0.5) is 11.5 Å². The molecule has 1 aromatic heterocycles. The molecule has 3 nitrogen and oxygen atoms in total. The van der Waals surface area contributed by atoms with Crippen molar-refractivity contribution in [3.63, 3.8) is 0 Å². The topological polar surface area (TPSA) is 28.2 Å². The molecule has 0 saturated heterocycles. The van der Waals surface area contributed by atoms with Gasteiger partial charge in [-0.05, 0) is 31.7 Å². The molecular weight excluding hydrogens is 222 g/mol. The first kappa shape index (κ1) is 13.2. The monoisotopic (exact) mass is 247 g/mol. The summed E-state index contributed by atoms with van der Waals surface area (Å²) in [7, 11) is 0. The molecule has 0 amide bonds. The Kier molecular flexibility index (Phi) is 4.85. The Bertz CT molecular complexity index is 361. The number of aromatic nitrogens is 1. The highest BCUT2D eigenvalue weighted by molar-refractivity contribution is 5.55. The van der Waals surface area contributed by atoms with Crippen molar-refractivity contribution < 1.29 is 0 Å². The van der Waals surface area contributed by atoms with Crippen LogP contribution in [0, 0.1) is 0 Å². The number of anilines is 2. The predicted molar refractivity (Wildman–Crippen MR) is 78.3 cm³/mol. The van der Waals surface area contributed by atoms with Crippen molar-refractivity contribution in [3.8, 4) is 0 Å². The maximum absolute atomic E-state index is 4.38. The normalized spacial score (nSPS) is 14.6. The highest BCUT2D eigenvalue weighted by Crippen LogP contribution is 2.32. The van der Waals surface area contributed by atoms with Crippen LogP contribution in [0.2, 0.25) is 0 Å². The summed E-state index contributed by atoms with van der Waals surface area (Å²) in [4.78, 5) is 6.94. The molecule has 1 N–H and O–H groups in total. The highest BCUT2D eigenvalue weighted by Gasteiger charge is 2.28. The van der Waals surface area contributed by atoms with Gasteiger partial charge in [0.15, 0.2) is 0 Å². The molecule has 3 heteroatoms. The Labute approximate surface area is 111 Å². The fraction of sp³-hybridized carbons (Fsp3) is 0.667. The van der Waals surface area contributed by atoms with E-state index in [1.54, 1.807) is 0 Å². The largest absolute Gasteiger partial charge is 0.370 e. The molecular formula is C15H25N3. The van der Waals surface area contributed by atoms with Gasteiger partial charge in [0, 0.05) is 37.1 Å². The lowest BCUT2D eigenvalue weighted by Gasteiger charge is -2.25. The van der Waals surface area contributed by atoms with Crippen LogP contribution in [0.1, 0.15) is 46.0 Å². The summed E-state index contributed by atoms with van der Waals surface area (Å²) < 4.78 is 0. The number of hydrogen-bond acceptors (Lipinski definition) is 3. The van der Waals surface area contributed by atoms with E-state index in [9.17, 15) is 0 Å². The molecule has 18 heavy (non-hydrogen) atoms. The average Bonchev–Trinajstić information content (AvgIpc) is 3.22. The number of pyridine rings is 1. The molecule has 0 radical (unpaired) electrons. The van der Waals surface area contributed by atoms with Crippen molar-refractivity contribution in [1.82, 2.24) is 4.98 Å². The van der Waals surface area contributed by atoms with Crippen LogP contribution in [0.3, 0.4) is 0 Å². The van der Waals surface area contributed by atoms with Crippen LogP contribution >= 0.6 is 0 Å².